The average molecular weight is 546 g/mol. The highest BCUT2D eigenvalue weighted by Crippen LogP contribution is 2.17. The molecule has 0 bridgehead atoms. The van der Waals surface area contributed by atoms with E-state index in [0.717, 1.165) is 82.9 Å². The maximum atomic E-state index is 12.6. The lowest BCUT2D eigenvalue weighted by molar-refractivity contribution is -0.136. The van der Waals surface area contributed by atoms with Gasteiger partial charge in [-0.05, 0) is 50.7 Å². The lowest BCUT2D eigenvalue weighted by Gasteiger charge is -2.35. The van der Waals surface area contributed by atoms with Gasteiger partial charge in [0.2, 0.25) is 5.91 Å². The molecular weight excluding hydrogens is 507 g/mol. The number of aliphatic imine (C=N–C) groups is 1. The fourth-order valence-corrected chi connectivity index (χ4v) is 4.23. The number of piperidine rings is 1. The van der Waals surface area contributed by atoms with E-state index >= 15 is 0 Å². The van der Waals surface area contributed by atoms with Crippen molar-refractivity contribution in [3.05, 3.63) is 24.2 Å². The molecule has 2 N–H and O–H groups in total. The number of rotatable bonds is 9. The van der Waals surface area contributed by atoms with Gasteiger partial charge < -0.3 is 24.7 Å². The summed E-state index contributed by atoms with van der Waals surface area (Å²) < 4.78 is 11.1. The summed E-state index contributed by atoms with van der Waals surface area (Å²) in [7, 11) is 0. The third-order valence-electron chi connectivity index (χ3n) is 6.20. The molecule has 1 atom stereocenters. The second kappa shape index (κ2) is 14.0. The third kappa shape index (κ3) is 8.29. The van der Waals surface area contributed by atoms with Gasteiger partial charge in [0, 0.05) is 44.6 Å². The monoisotopic (exact) mass is 546 g/mol. The Morgan fingerprint density at radius 2 is 2.03 bits per heavy atom. The van der Waals surface area contributed by atoms with Crippen molar-refractivity contribution in [2.75, 3.05) is 32.8 Å². The molecule has 1 amide bonds. The average Bonchev–Trinajstić information content (AvgIpc) is 3.47. The first kappa shape index (κ1) is 26.0. The van der Waals surface area contributed by atoms with E-state index in [1.54, 1.807) is 6.26 Å². The highest BCUT2D eigenvalue weighted by molar-refractivity contribution is 14.0. The Morgan fingerprint density at radius 3 is 2.65 bits per heavy atom. The number of likely N-dealkylation sites (tertiary alicyclic amines) is 1. The molecular formula is C23H39IN4O3. The molecule has 2 saturated heterocycles. The van der Waals surface area contributed by atoms with E-state index in [-0.39, 0.29) is 36.0 Å². The minimum Gasteiger partial charge on any atom is -0.469 e. The SMILES string of the molecule is CCC(CC)C(=O)N1CCC(NC(=NCC2CCCO2)NCCc2ccco2)CC1.I. The second-order valence-corrected chi connectivity index (χ2v) is 8.34. The van der Waals surface area contributed by atoms with E-state index in [2.05, 4.69) is 24.5 Å². The molecule has 7 nitrogen and oxygen atoms in total. The van der Waals surface area contributed by atoms with Crippen LogP contribution >= 0.6 is 24.0 Å². The van der Waals surface area contributed by atoms with E-state index in [0.29, 0.717) is 18.5 Å². The fraction of sp³-hybridized carbons (Fsp3) is 0.739. The quantitative estimate of drug-likeness (QED) is 0.281. The zero-order chi connectivity index (χ0) is 21.2. The van der Waals surface area contributed by atoms with Crippen molar-refractivity contribution in [2.24, 2.45) is 10.9 Å². The van der Waals surface area contributed by atoms with Crippen molar-refractivity contribution in [1.29, 1.82) is 0 Å². The number of nitrogens with one attached hydrogen (secondary N) is 2. The van der Waals surface area contributed by atoms with Gasteiger partial charge in [0.25, 0.3) is 0 Å². The Morgan fingerprint density at radius 1 is 1.26 bits per heavy atom. The number of amides is 1. The van der Waals surface area contributed by atoms with Gasteiger partial charge in [-0.1, -0.05) is 13.8 Å². The standard InChI is InChI=1S/C23H38N4O3.HI/c1-3-18(4-2)22(28)27-13-10-19(11-14-27)26-23(25-17-21-8-6-16-30-21)24-12-9-20-7-5-15-29-20;/h5,7,15,18-19,21H,3-4,6,8-14,16-17H2,1-2H3,(H2,24,25,26);1H. The Balaban J connectivity index is 0.00000341. The molecule has 0 saturated carbocycles. The van der Waals surface area contributed by atoms with Crippen LogP contribution in [-0.2, 0) is 16.0 Å². The molecule has 2 fully saturated rings. The Hall–Kier alpha value is -1.29. The zero-order valence-corrected chi connectivity index (χ0v) is 21.3. The van der Waals surface area contributed by atoms with Gasteiger partial charge in [0.15, 0.2) is 5.96 Å². The van der Waals surface area contributed by atoms with Gasteiger partial charge in [-0.15, -0.1) is 24.0 Å². The van der Waals surface area contributed by atoms with Crippen LogP contribution in [0.15, 0.2) is 27.8 Å². The van der Waals surface area contributed by atoms with Crippen molar-refractivity contribution in [3.63, 3.8) is 0 Å². The number of hydrogen-bond acceptors (Lipinski definition) is 4. The molecule has 1 unspecified atom stereocenters. The molecule has 8 heteroatoms. The van der Waals surface area contributed by atoms with Crippen molar-refractivity contribution >= 4 is 35.8 Å². The van der Waals surface area contributed by atoms with Crippen LogP contribution in [0, 0.1) is 5.92 Å². The van der Waals surface area contributed by atoms with Crippen LogP contribution in [0.25, 0.3) is 0 Å². The van der Waals surface area contributed by atoms with Gasteiger partial charge in [-0.2, -0.15) is 0 Å². The van der Waals surface area contributed by atoms with Gasteiger partial charge in [-0.3, -0.25) is 9.79 Å². The number of furan rings is 1. The third-order valence-corrected chi connectivity index (χ3v) is 6.20. The lowest BCUT2D eigenvalue weighted by Crippen LogP contribution is -2.51. The molecule has 2 aliphatic rings. The minimum atomic E-state index is 0. The summed E-state index contributed by atoms with van der Waals surface area (Å²) >= 11 is 0. The Kier molecular flexibility index (Phi) is 11.7. The first-order chi connectivity index (χ1) is 14.7. The van der Waals surface area contributed by atoms with Crippen molar-refractivity contribution in [2.45, 2.75) is 70.9 Å². The summed E-state index contributed by atoms with van der Waals surface area (Å²) in [5.41, 5.74) is 0. The number of carbonyl (C=O) groups excluding carboxylic acids is 1. The summed E-state index contributed by atoms with van der Waals surface area (Å²) in [6.45, 7) is 8.13. The minimum absolute atomic E-state index is 0. The maximum Gasteiger partial charge on any atom is 0.225 e. The van der Waals surface area contributed by atoms with E-state index < -0.39 is 0 Å². The number of halogens is 1. The maximum absolute atomic E-state index is 12.6. The molecule has 0 radical (unpaired) electrons. The molecule has 31 heavy (non-hydrogen) atoms. The number of hydrogen-bond donors (Lipinski definition) is 2. The summed E-state index contributed by atoms with van der Waals surface area (Å²) in [5.74, 6) is 2.29. The van der Waals surface area contributed by atoms with Crippen LogP contribution in [0.5, 0.6) is 0 Å². The summed E-state index contributed by atoms with van der Waals surface area (Å²) in [5, 5.41) is 7.03. The zero-order valence-electron chi connectivity index (χ0n) is 19.0. The van der Waals surface area contributed by atoms with Crippen LogP contribution < -0.4 is 10.6 Å². The fourth-order valence-electron chi connectivity index (χ4n) is 4.23. The van der Waals surface area contributed by atoms with Crippen molar-refractivity contribution in [1.82, 2.24) is 15.5 Å². The first-order valence-electron chi connectivity index (χ1n) is 11.7. The van der Waals surface area contributed by atoms with E-state index in [1.165, 1.54) is 0 Å². The summed E-state index contributed by atoms with van der Waals surface area (Å²) in [6.07, 6.45) is 8.70. The molecule has 1 aromatic rings. The molecule has 3 rings (SSSR count). The molecule has 176 valence electrons. The number of guanidine groups is 1. The largest absolute Gasteiger partial charge is 0.469 e. The molecule has 3 heterocycles. The Bertz CT molecular complexity index is 650. The number of carbonyl (C=O) groups is 1. The van der Waals surface area contributed by atoms with Crippen LogP contribution in [-0.4, -0.2) is 61.7 Å². The number of nitrogens with zero attached hydrogens (tertiary/aromatic N) is 2. The molecule has 1 aromatic heterocycles. The van der Waals surface area contributed by atoms with Gasteiger partial charge in [-0.25, -0.2) is 0 Å². The van der Waals surface area contributed by atoms with Crippen LogP contribution in [0.2, 0.25) is 0 Å². The summed E-state index contributed by atoms with van der Waals surface area (Å²) in [6, 6.07) is 4.23. The van der Waals surface area contributed by atoms with Gasteiger partial charge >= 0.3 is 0 Å². The van der Waals surface area contributed by atoms with E-state index in [9.17, 15) is 4.79 Å². The summed E-state index contributed by atoms with van der Waals surface area (Å²) in [4.78, 5) is 19.5. The molecule has 0 aromatic carbocycles. The molecule has 0 spiro atoms. The van der Waals surface area contributed by atoms with Crippen LogP contribution in [0.1, 0.15) is 58.1 Å². The lowest BCUT2D eigenvalue weighted by atomic mass is 9.98. The predicted octanol–water partition coefficient (Wildman–Crippen LogP) is 3.58. The highest BCUT2D eigenvalue weighted by Gasteiger charge is 2.27. The highest BCUT2D eigenvalue weighted by atomic mass is 127. The first-order valence-corrected chi connectivity index (χ1v) is 11.7. The molecule has 0 aliphatic carbocycles. The molecule has 2 aliphatic heterocycles. The van der Waals surface area contributed by atoms with Crippen LogP contribution in [0.4, 0.5) is 0 Å². The van der Waals surface area contributed by atoms with Gasteiger partial charge in [0.1, 0.15) is 5.76 Å². The van der Waals surface area contributed by atoms with E-state index in [4.69, 9.17) is 14.1 Å². The van der Waals surface area contributed by atoms with Gasteiger partial charge in [0.05, 0.1) is 18.9 Å². The van der Waals surface area contributed by atoms with Crippen LogP contribution in [0.3, 0.4) is 0 Å². The smallest absolute Gasteiger partial charge is 0.225 e. The Labute approximate surface area is 203 Å². The van der Waals surface area contributed by atoms with E-state index in [1.807, 2.05) is 17.0 Å². The topological polar surface area (TPSA) is 79.1 Å². The second-order valence-electron chi connectivity index (χ2n) is 8.34. The van der Waals surface area contributed by atoms with Crippen molar-refractivity contribution in [3.8, 4) is 0 Å². The number of ether oxygens (including phenoxy) is 1. The van der Waals surface area contributed by atoms with Crippen molar-refractivity contribution < 1.29 is 13.9 Å². The predicted molar refractivity (Wildman–Crippen MR) is 134 cm³/mol. The normalized spacial score (nSPS) is 20.0.